The molecule has 8 nitrogen and oxygen atoms in total. The molecule has 0 atom stereocenters. The van der Waals surface area contributed by atoms with Crippen LogP contribution in [0.3, 0.4) is 0 Å². The van der Waals surface area contributed by atoms with Gasteiger partial charge in [0.25, 0.3) is 0 Å². The number of hydrogen-bond donors (Lipinski definition) is 2. The zero-order valence-corrected chi connectivity index (χ0v) is 18.7. The Morgan fingerprint density at radius 1 is 1.38 bits per heavy atom. The highest BCUT2D eigenvalue weighted by Gasteiger charge is 2.23. The molecule has 1 aliphatic rings. The maximum Gasteiger partial charge on any atom is 0.409 e. The standard InChI is InChI=1S/C18H26F2N4O4.HI/c1-3-27-18(25)24-8-6-13(7-9-24)23-17(21)22-11-12-10-14(26-2)4-5-15(12)28-16(19)20;/h4-5,10,13,16H,3,6-9,11H2,1-2H3,(H3,21,22,23);1H. The average molecular weight is 528 g/mol. The predicted octanol–water partition coefficient (Wildman–Crippen LogP) is 2.94. The van der Waals surface area contributed by atoms with Crippen LogP contribution in [0.1, 0.15) is 25.3 Å². The van der Waals surface area contributed by atoms with Crippen LogP contribution in [0.5, 0.6) is 11.5 Å². The van der Waals surface area contributed by atoms with E-state index in [0.717, 1.165) is 0 Å². The van der Waals surface area contributed by atoms with E-state index in [1.807, 2.05) is 0 Å². The molecule has 0 aromatic heterocycles. The van der Waals surface area contributed by atoms with Crippen molar-refractivity contribution in [3.63, 3.8) is 0 Å². The second-order valence-corrected chi connectivity index (χ2v) is 6.16. The van der Waals surface area contributed by atoms with Gasteiger partial charge in [0.05, 0.1) is 20.3 Å². The van der Waals surface area contributed by atoms with Crippen LogP contribution in [0.25, 0.3) is 0 Å². The molecule has 1 saturated heterocycles. The fourth-order valence-corrected chi connectivity index (χ4v) is 2.86. The van der Waals surface area contributed by atoms with E-state index in [-0.39, 0.29) is 54.4 Å². The molecule has 11 heteroatoms. The summed E-state index contributed by atoms with van der Waals surface area (Å²) >= 11 is 0. The summed E-state index contributed by atoms with van der Waals surface area (Å²) in [5, 5.41) is 3.10. The Morgan fingerprint density at radius 3 is 2.66 bits per heavy atom. The SMILES string of the molecule is CCOC(=O)N1CCC(NC(N)=NCc2cc(OC)ccc2OC(F)F)CC1.I. The molecule has 0 aliphatic carbocycles. The summed E-state index contributed by atoms with van der Waals surface area (Å²) in [5.41, 5.74) is 6.36. The van der Waals surface area contributed by atoms with Gasteiger partial charge in [-0.05, 0) is 38.0 Å². The zero-order chi connectivity index (χ0) is 20.5. The quantitative estimate of drug-likeness (QED) is 0.321. The largest absolute Gasteiger partial charge is 0.497 e. The lowest BCUT2D eigenvalue weighted by atomic mass is 10.1. The summed E-state index contributed by atoms with van der Waals surface area (Å²) in [5.74, 6) is 0.722. The van der Waals surface area contributed by atoms with Crippen molar-refractivity contribution in [3.8, 4) is 11.5 Å². The van der Waals surface area contributed by atoms with E-state index in [4.69, 9.17) is 15.2 Å². The lowest BCUT2D eigenvalue weighted by Gasteiger charge is -2.31. The lowest BCUT2D eigenvalue weighted by molar-refractivity contribution is -0.0504. The lowest BCUT2D eigenvalue weighted by Crippen LogP contribution is -2.48. The third-order valence-corrected chi connectivity index (χ3v) is 4.28. The molecule has 1 heterocycles. The fourth-order valence-electron chi connectivity index (χ4n) is 2.86. The van der Waals surface area contributed by atoms with E-state index < -0.39 is 6.61 Å². The number of likely N-dealkylation sites (tertiary alicyclic amines) is 1. The Morgan fingerprint density at radius 2 is 2.07 bits per heavy atom. The Hall–Kier alpha value is -2.05. The van der Waals surface area contributed by atoms with Crippen LogP contribution in [0.15, 0.2) is 23.2 Å². The van der Waals surface area contributed by atoms with Gasteiger partial charge in [-0.25, -0.2) is 9.79 Å². The molecule has 0 bridgehead atoms. The van der Waals surface area contributed by atoms with Crippen LogP contribution in [-0.2, 0) is 11.3 Å². The number of ether oxygens (including phenoxy) is 3. The Labute approximate surface area is 185 Å². The second kappa shape index (κ2) is 12.5. The smallest absolute Gasteiger partial charge is 0.409 e. The van der Waals surface area contributed by atoms with Crippen LogP contribution in [0.2, 0.25) is 0 Å². The first-order chi connectivity index (χ1) is 13.4. The van der Waals surface area contributed by atoms with Crippen molar-refractivity contribution >= 4 is 36.0 Å². The number of alkyl halides is 2. The number of aliphatic imine (C=N–C) groups is 1. The van der Waals surface area contributed by atoms with Gasteiger partial charge in [-0.15, -0.1) is 24.0 Å². The average Bonchev–Trinajstić information content (AvgIpc) is 2.67. The molecule has 29 heavy (non-hydrogen) atoms. The van der Waals surface area contributed by atoms with E-state index in [9.17, 15) is 13.6 Å². The van der Waals surface area contributed by atoms with Crippen molar-refractivity contribution < 1.29 is 27.8 Å². The van der Waals surface area contributed by atoms with E-state index in [2.05, 4.69) is 15.0 Å². The van der Waals surface area contributed by atoms with Gasteiger partial charge in [-0.2, -0.15) is 8.78 Å². The number of hydrogen-bond acceptors (Lipinski definition) is 5. The van der Waals surface area contributed by atoms with Gasteiger partial charge in [-0.3, -0.25) is 0 Å². The number of piperidine rings is 1. The summed E-state index contributed by atoms with van der Waals surface area (Å²) in [7, 11) is 1.48. The second-order valence-electron chi connectivity index (χ2n) is 6.16. The van der Waals surface area contributed by atoms with Crippen molar-refractivity contribution in [2.24, 2.45) is 10.7 Å². The first kappa shape index (κ1) is 25.0. The molecule has 1 aliphatic heterocycles. The number of rotatable bonds is 7. The maximum absolute atomic E-state index is 12.6. The molecule has 0 radical (unpaired) electrons. The molecule has 0 saturated carbocycles. The molecule has 1 amide bonds. The van der Waals surface area contributed by atoms with Crippen LogP contribution in [0.4, 0.5) is 13.6 Å². The highest BCUT2D eigenvalue weighted by atomic mass is 127. The molecule has 3 N–H and O–H groups in total. The van der Waals surface area contributed by atoms with Crippen molar-refractivity contribution in [2.45, 2.75) is 39.0 Å². The monoisotopic (exact) mass is 528 g/mol. The molecule has 2 rings (SSSR count). The summed E-state index contributed by atoms with van der Waals surface area (Å²) < 4.78 is 39.7. The Bertz CT molecular complexity index is 686. The number of nitrogens with one attached hydrogen (secondary N) is 1. The molecule has 1 aromatic carbocycles. The van der Waals surface area contributed by atoms with Crippen molar-refractivity contribution in [1.82, 2.24) is 10.2 Å². The summed E-state index contributed by atoms with van der Waals surface area (Å²) in [4.78, 5) is 17.6. The number of carbonyl (C=O) groups is 1. The molecular formula is C18H27F2IN4O4. The summed E-state index contributed by atoms with van der Waals surface area (Å²) in [6, 6.07) is 4.58. The third-order valence-electron chi connectivity index (χ3n) is 4.28. The first-order valence-corrected chi connectivity index (χ1v) is 9.02. The molecule has 1 aromatic rings. The normalized spacial score (nSPS) is 14.9. The fraction of sp³-hybridized carbons (Fsp3) is 0.556. The zero-order valence-electron chi connectivity index (χ0n) is 16.4. The Balaban J connectivity index is 0.00000420. The van der Waals surface area contributed by atoms with E-state index in [1.165, 1.54) is 19.2 Å². The van der Waals surface area contributed by atoms with Crippen LogP contribution >= 0.6 is 24.0 Å². The summed E-state index contributed by atoms with van der Waals surface area (Å²) in [6.07, 6.45) is 1.09. The van der Waals surface area contributed by atoms with Gasteiger partial charge in [0.1, 0.15) is 11.5 Å². The van der Waals surface area contributed by atoms with E-state index in [1.54, 1.807) is 17.9 Å². The molecule has 1 fully saturated rings. The number of methoxy groups -OCH3 is 1. The van der Waals surface area contributed by atoms with Gasteiger partial charge in [0.2, 0.25) is 0 Å². The van der Waals surface area contributed by atoms with Crippen LogP contribution in [-0.4, -0.2) is 56.4 Å². The minimum Gasteiger partial charge on any atom is -0.497 e. The minimum absolute atomic E-state index is 0. The Kier molecular flexibility index (Phi) is 10.8. The molecular weight excluding hydrogens is 501 g/mol. The number of benzene rings is 1. The minimum atomic E-state index is -2.93. The van der Waals surface area contributed by atoms with Gasteiger partial charge >= 0.3 is 12.7 Å². The van der Waals surface area contributed by atoms with Crippen LogP contribution < -0.4 is 20.5 Å². The van der Waals surface area contributed by atoms with Crippen molar-refractivity contribution in [3.05, 3.63) is 23.8 Å². The van der Waals surface area contributed by atoms with E-state index >= 15 is 0 Å². The number of carbonyl (C=O) groups excluding carboxylic acids is 1. The number of amides is 1. The predicted molar refractivity (Wildman–Crippen MR) is 115 cm³/mol. The van der Waals surface area contributed by atoms with Gasteiger partial charge in [0.15, 0.2) is 5.96 Å². The van der Waals surface area contributed by atoms with Crippen molar-refractivity contribution in [1.29, 1.82) is 0 Å². The number of guanidine groups is 1. The van der Waals surface area contributed by atoms with Crippen LogP contribution in [0, 0.1) is 0 Å². The molecule has 0 unspecified atom stereocenters. The molecule has 0 spiro atoms. The summed E-state index contributed by atoms with van der Waals surface area (Å²) in [6.45, 7) is 0.357. The van der Waals surface area contributed by atoms with Gasteiger partial charge < -0.3 is 30.2 Å². The van der Waals surface area contributed by atoms with Gasteiger partial charge in [-0.1, -0.05) is 0 Å². The van der Waals surface area contributed by atoms with Gasteiger partial charge in [0, 0.05) is 24.7 Å². The highest BCUT2D eigenvalue weighted by Crippen LogP contribution is 2.26. The third kappa shape index (κ3) is 8.07. The molecule has 164 valence electrons. The van der Waals surface area contributed by atoms with E-state index in [0.29, 0.717) is 43.9 Å². The first-order valence-electron chi connectivity index (χ1n) is 9.02. The maximum atomic E-state index is 12.6. The number of nitrogens with two attached hydrogens (primary N) is 1. The number of halogens is 3. The van der Waals surface area contributed by atoms with Crippen molar-refractivity contribution in [2.75, 3.05) is 26.8 Å². The highest BCUT2D eigenvalue weighted by molar-refractivity contribution is 14.0. The topological polar surface area (TPSA) is 98.4 Å². The number of nitrogens with zero attached hydrogens (tertiary/aromatic N) is 2.